The number of halogens is 4. The summed E-state index contributed by atoms with van der Waals surface area (Å²) in [6.07, 6.45) is -2.86. The monoisotopic (exact) mass is 895 g/mol. The standard InChI is InChI=1S/C41H37BrClF2N5O7S/c1-23-5-8-33(48-39(54)40(9-10-40)27-6-7-30-31(20-27)57-41(44,45)56-30)47-35(23)24-3-2-4-25(17-24)37(52)46-11-16-58-22-34(51)49-12-14-50(15-13-49)38(53)32-19-26-18-28(43)21-29(42)36(26)55-32/h2-8,17-18,20-21,32H,9-16,19,22H2,1H3,(H,46,52)(H,47,48,54). The quantitative estimate of drug-likeness (QED) is 0.160. The largest absolute Gasteiger partial charge is 0.586 e. The highest BCUT2D eigenvalue weighted by Gasteiger charge is 2.53. The van der Waals surface area contributed by atoms with Crippen LogP contribution in [0.3, 0.4) is 0 Å². The average Bonchev–Trinajstić information content (AvgIpc) is 3.81. The Morgan fingerprint density at radius 3 is 2.50 bits per heavy atom. The molecule has 1 atom stereocenters. The fraction of sp³-hybridized carbons (Fsp3) is 0.341. The van der Waals surface area contributed by atoms with E-state index in [4.69, 9.17) is 21.3 Å². The number of ether oxygens (including phenoxy) is 3. The SMILES string of the molecule is Cc1ccc(NC(=O)C2(c3ccc4c(c3)OC(F)(F)O4)CC2)nc1-c1cccc(C(=O)NCCSCC(=O)N2CCN(C(=O)C3Cc4cc(Cl)cc(Br)c4O3)CC2)c1. The topological polar surface area (TPSA) is 139 Å². The van der Waals surface area contributed by atoms with Crippen molar-refractivity contribution >= 4 is 68.7 Å². The number of nitrogens with zero attached hydrogens (tertiary/aromatic N) is 3. The van der Waals surface area contributed by atoms with Gasteiger partial charge in [-0.05, 0) is 89.3 Å². The summed E-state index contributed by atoms with van der Waals surface area (Å²) in [6.45, 7) is 3.94. The zero-order chi connectivity index (χ0) is 40.8. The molecule has 3 aliphatic heterocycles. The van der Waals surface area contributed by atoms with Crippen molar-refractivity contribution in [3.8, 4) is 28.5 Å². The minimum Gasteiger partial charge on any atom is -0.479 e. The van der Waals surface area contributed by atoms with Crippen molar-refractivity contribution in [2.45, 2.75) is 44.0 Å². The zero-order valence-corrected chi connectivity index (χ0v) is 34.3. The number of anilines is 1. The van der Waals surface area contributed by atoms with E-state index in [-0.39, 0.29) is 40.9 Å². The van der Waals surface area contributed by atoms with Crippen molar-refractivity contribution in [1.82, 2.24) is 20.1 Å². The molecule has 4 aliphatic rings. The highest BCUT2D eigenvalue weighted by molar-refractivity contribution is 9.10. The molecular weight excluding hydrogens is 860 g/mol. The fourth-order valence-electron chi connectivity index (χ4n) is 7.34. The number of hydrogen-bond acceptors (Lipinski definition) is 9. The highest BCUT2D eigenvalue weighted by Crippen LogP contribution is 2.52. The number of aryl methyl sites for hydroxylation is 1. The number of carbonyl (C=O) groups is 4. The average molecular weight is 897 g/mol. The maximum absolute atomic E-state index is 13.6. The van der Waals surface area contributed by atoms with Crippen molar-refractivity contribution in [2.75, 3.05) is 49.5 Å². The number of amides is 4. The van der Waals surface area contributed by atoms with E-state index in [1.54, 1.807) is 46.2 Å². The lowest BCUT2D eigenvalue weighted by Gasteiger charge is -2.35. The predicted octanol–water partition coefficient (Wildman–Crippen LogP) is 6.60. The molecule has 4 amide bonds. The predicted molar refractivity (Wildman–Crippen MR) is 217 cm³/mol. The molecule has 1 saturated heterocycles. The molecule has 12 nitrogen and oxygen atoms in total. The summed E-state index contributed by atoms with van der Waals surface area (Å²) in [5.41, 5.74) is 3.05. The van der Waals surface area contributed by atoms with Crippen molar-refractivity contribution in [2.24, 2.45) is 0 Å². The molecule has 2 fully saturated rings. The first kappa shape index (κ1) is 39.9. The highest BCUT2D eigenvalue weighted by atomic mass is 79.9. The van der Waals surface area contributed by atoms with Gasteiger partial charge in [0.2, 0.25) is 11.8 Å². The second kappa shape index (κ2) is 16.0. The number of rotatable bonds is 11. The number of aromatic nitrogens is 1. The molecule has 58 heavy (non-hydrogen) atoms. The summed E-state index contributed by atoms with van der Waals surface area (Å²) >= 11 is 11.0. The Kier molecular flexibility index (Phi) is 11.0. The summed E-state index contributed by atoms with van der Waals surface area (Å²) in [6, 6.07) is 18.5. The number of hydrogen-bond donors (Lipinski definition) is 2. The van der Waals surface area contributed by atoms with Gasteiger partial charge in [-0.15, -0.1) is 8.78 Å². The lowest BCUT2D eigenvalue weighted by Crippen LogP contribution is -2.53. The lowest BCUT2D eigenvalue weighted by atomic mass is 9.94. The summed E-state index contributed by atoms with van der Waals surface area (Å²) in [5.74, 6) is 0.812. The second-order valence-electron chi connectivity index (χ2n) is 14.5. The van der Waals surface area contributed by atoms with Gasteiger partial charge in [0.1, 0.15) is 11.6 Å². The third kappa shape index (κ3) is 8.32. The van der Waals surface area contributed by atoms with E-state index in [0.29, 0.717) is 101 Å². The van der Waals surface area contributed by atoms with Gasteiger partial charge in [0.25, 0.3) is 11.8 Å². The van der Waals surface area contributed by atoms with Crippen molar-refractivity contribution in [1.29, 1.82) is 0 Å². The molecular formula is C41H37BrClF2N5O7S. The third-order valence-corrected chi connectivity index (χ3v) is 12.4. The molecule has 4 aromatic rings. The summed E-state index contributed by atoms with van der Waals surface area (Å²) in [4.78, 5) is 61.0. The fourth-order valence-corrected chi connectivity index (χ4v) is 9.06. The van der Waals surface area contributed by atoms with Crippen LogP contribution in [0.1, 0.15) is 39.9 Å². The number of thioether (sulfide) groups is 1. The van der Waals surface area contributed by atoms with E-state index in [1.807, 2.05) is 25.1 Å². The normalized spacial score (nSPS) is 18.3. The first-order chi connectivity index (χ1) is 27.8. The summed E-state index contributed by atoms with van der Waals surface area (Å²) in [5, 5.41) is 6.38. The van der Waals surface area contributed by atoms with Gasteiger partial charge < -0.3 is 34.6 Å². The number of piperazine rings is 1. The zero-order valence-electron chi connectivity index (χ0n) is 31.1. The van der Waals surface area contributed by atoms with Gasteiger partial charge in [-0.2, -0.15) is 11.8 Å². The molecule has 17 heteroatoms. The molecule has 8 rings (SSSR count). The number of fused-ring (bicyclic) bond motifs is 2. The van der Waals surface area contributed by atoms with Crippen LogP contribution in [0, 0.1) is 6.92 Å². The molecule has 302 valence electrons. The number of carbonyl (C=O) groups excluding carboxylic acids is 4. The van der Waals surface area contributed by atoms with E-state index in [9.17, 15) is 28.0 Å². The van der Waals surface area contributed by atoms with E-state index < -0.39 is 17.8 Å². The number of benzene rings is 3. The second-order valence-corrected chi connectivity index (χ2v) is 16.9. The van der Waals surface area contributed by atoms with Crippen LogP contribution in [-0.2, 0) is 26.2 Å². The van der Waals surface area contributed by atoms with Crippen molar-refractivity contribution < 1.29 is 42.2 Å². The Labute approximate surface area is 350 Å². The Balaban J connectivity index is 0.787. The maximum Gasteiger partial charge on any atom is 0.586 e. The maximum atomic E-state index is 13.6. The molecule has 1 saturated carbocycles. The van der Waals surface area contributed by atoms with Gasteiger partial charge in [-0.3, -0.25) is 19.2 Å². The first-order valence-corrected chi connectivity index (χ1v) is 21.0. The van der Waals surface area contributed by atoms with E-state index in [0.717, 1.165) is 11.1 Å². The van der Waals surface area contributed by atoms with Crippen molar-refractivity contribution in [3.05, 3.63) is 98.5 Å². The smallest absolute Gasteiger partial charge is 0.479 e. The van der Waals surface area contributed by atoms with Crippen LogP contribution < -0.4 is 24.8 Å². The number of nitrogens with one attached hydrogen (secondary N) is 2. The van der Waals surface area contributed by atoms with E-state index in [2.05, 4.69) is 36.0 Å². The van der Waals surface area contributed by atoms with Crippen LogP contribution in [0.5, 0.6) is 17.2 Å². The number of pyridine rings is 1. The molecule has 1 aliphatic carbocycles. The molecule has 0 radical (unpaired) electrons. The molecule has 4 heterocycles. The third-order valence-electron chi connectivity index (χ3n) is 10.6. The molecule has 1 unspecified atom stereocenters. The lowest BCUT2D eigenvalue weighted by molar-refractivity contribution is -0.286. The Bertz CT molecular complexity index is 2320. The molecule has 0 bridgehead atoms. The Morgan fingerprint density at radius 1 is 0.966 bits per heavy atom. The van der Waals surface area contributed by atoms with Crippen LogP contribution in [0.2, 0.25) is 5.02 Å². The molecule has 2 N–H and O–H groups in total. The van der Waals surface area contributed by atoms with Crippen LogP contribution in [0.15, 0.2) is 71.2 Å². The van der Waals surface area contributed by atoms with Crippen LogP contribution in [0.25, 0.3) is 11.3 Å². The summed E-state index contributed by atoms with van der Waals surface area (Å²) in [7, 11) is 0. The molecule has 0 spiro atoms. The van der Waals surface area contributed by atoms with Gasteiger partial charge >= 0.3 is 6.29 Å². The Hall–Kier alpha value is -4.93. The van der Waals surface area contributed by atoms with Crippen molar-refractivity contribution in [3.63, 3.8) is 0 Å². The minimum absolute atomic E-state index is 0.0203. The molecule has 3 aromatic carbocycles. The van der Waals surface area contributed by atoms with Gasteiger partial charge in [0.15, 0.2) is 17.6 Å². The van der Waals surface area contributed by atoms with E-state index in [1.165, 1.54) is 23.9 Å². The van der Waals surface area contributed by atoms with Gasteiger partial charge in [0.05, 0.1) is 21.3 Å². The minimum atomic E-state index is -3.75. The van der Waals surface area contributed by atoms with Crippen LogP contribution in [-0.4, -0.2) is 95.0 Å². The van der Waals surface area contributed by atoms with Crippen LogP contribution >= 0.6 is 39.3 Å². The van der Waals surface area contributed by atoms with Gasteiger partial charge in [-0.1, -0.05) is 35.9 Å². The number of alkyl halides is 2. The van der Waals surface area contributed by atoms with E-state index >= 15 is 0 Å². The van der Waals surface area contributed by atoms with Gasteiger partial charge in [-0.25, -0.2) is 4.98 Å². The summed E-state index contributed by atoms with van der Waals surface area (Å²) < 4.78 is 42.9. The molecule has 1 aromatic heterocycles. The Morgan fingerprint density at radius 2 is 1.72 bits per heavy atom. The van der Waals surface area contributed by atoms with Crippen LogP contribution in [0.4, 0.5) is 14.6 Å². The first-order valence-electron chi connectivity index (χ1n) is 18.7. The van der Waals surface area contributed by atoms with Gasteiger partial charge in [0, 0.05) is 66.6 Å².